The number of Topliss-reactive ketones (excluding diaryl/α,β-unsaturated/α-hetero) is 1. The van der Waals surface area contributed by atoms with E-state index in [-0.39, 0.29) is 31.0 Å². The molecule has 4 rings (SSSR count). The average molecular weight is 351 g/mol. The van der Waals surface area contributed by atoms with Crippen molar-refractivity contribution in [1.29, 1.82) is 0 Å². The second-order valence-corrected chi connectivity index (χ2v) is 7.03. The summed E-state index contributed by atoms with van der Waals surface area (Å²) in [6, 6.07) is 16.3. The van der Waals surface area contributed by atoms with Gasteiger partial charge in [0.25, 0.3) is 0 Å². The van der Waals surface area contributed by atoms with Crippen molar-refractivity contribution in [2.24, 2.45) is 0 Å². The molecule has 5 nitrogen and oxygen atoms in total. The zero-order chi connectivity index (χ0) is 18.3. The van der Waals surface area contributed by atoms with Gasteiger partial charge in [-0.25, -0.2) is 4.79 Å². The van der Waals surface area contributed by atoms with Crippen molar-refractivity contribution in [3.05, 3.63) is 59.7 Å². The number of fused-ring (bicyclic) bond motifs is 3. The zero-order valence-electron chi connectivity index (χ0n) is 14.8. The van der Waals surface area contributed by atoms with Crippen LogP contribution in [-0.2, 0) is 14.3 Å². The fourth-order valence-corrected chi connectivity index (χ4v) is 3.76. The molecule has 0 aromatic heterocycles. The lowest BCUT2D eigenvalue weighted by Gasteiger charge is -2.27. The van der Waals surface area contributed by atoms with Crippen LogP contribution in [0.5, 0.6) is 0 Å². The quantitative estimate of drug-likeness (QED) is 0.922. The number of nitrogens with one attached hydrogen (secondary N) is 1. The van der Waals surface area contributed by atoms with Crippen molar-refractivity contribution in [2.75, 3.05) is 13.2 Å². The molecular weight excluding hydrogens is 330 g/mol. The number of carbonyl (C=O) groups is 2. The second kappa shape index (κ2) is 6.25. The van der Waals surface area contributed by atoms with E-state index in [0.717, 1.165) is 11.1 Å². The molecule has 2 aromatic carbocycles. The Labute approximate surface area is 152 Å². The molecule has 1 aliphatic heterocycles. The summed E-state index contributed by atoms with van der Waals surface area (Å²) in [6.07, 6.45) is -0.976. The normalized spacial score (nSPS) is 24.2. The number of carbonyl (C=O) groups excluding carboxylic acids is 2. The largest absolute Gasteiger partial charge is 0.449 e. The second-order valence-electron chi connectivity index (χ2n) is 7.03. The molecular formula is C21H21NO4. The number of rotatable bonds is 3. The maximum absolute atomic E-state index is 12.3. The standard InChI is InChI=1S/C21H21NO4/c1-13-21(2,19(23)12-25-13)22-20(24)26-11-18-16-9-5-3-7-14(16)15-8-4-6-10-17(15)18/h3-10,13,18H,11-12H2,1-2H3,(H,22,24)/t13-,21-/m0/s1. The first kappa shape index (κ1) is 16.8. The Morgan fingerprint density at radius 2 is 1.73 bits per heavy atom. The molecule has 1 N–H and O–H groups in total. The summed E-state index contributed by atoms with van der Waals surface area (Å²) in [5.74, 6) is -0.146. The molecule has 1 heterocycles. The van der Waals surface area contributed by atoms with E-state index < -0.39 is 11.6 Å². The minimum atomic E-state index is -1.04. The highest BCUT2D eigenvalue weighted by Crippen LogP contribution is 2.44. The van der Waals surface area contributed by atoms with Crippen LogP contribution in [0.3, 0.4) is 0 Å². The summed E-state index contributed by atoms with van der Waals surface area (Å²) in [6.45, 7) is 3.68. The Balaban J connectivity index is 1.50. The number of ketones is 1. The lowest BCUT2D eigenvalue weighted by molar-refractivity contribution is -0.121. The Hall–Kier alpha value is -2.66. The van der Waals surface area contributed by atoms with Crippen LogP contribution in [0.4, 0.5) is 4.79 Å². The summed E-state index contributed by atoms with van der Waals surface area (Å²) >= 11 is 0. The van der Waals surface area contributed by atoms with E-state index >= 15 is 0 Å². The van der Waals surface area contributed by atoms with Crippen molar-refractivity contribution >= 4 is 11.9 Å². The third kappa shape index (κ3) is 2.59. The molecule has 134 valence electrons. The SMILES string of the molecule is C[C@@H]1OCC(=O)[C@@]1(C)NC(=O)OCC1c2ccccc2-c2ccccc21. The number of benzene rings is 2. The van der Waals surface area contributed by atoms with Gasteiger partial charge in [-0.2, -0.15) is 0 Å². The summed E-state index contributed by atoms with van der Waals surface area (Å²) in [5, 5.41) is 2.69. The molecule has 1 amide bonds. The first-order valence-corrected chi connectivity index (χ1v) is 8.79. The fourth-order valence-electron chi connectivity index (χ4n) is 3.76. The number of alkyl carbamates (subject to hydrolysis) is 1. The monoisotopic (exact) mass is 351 g/mol. The Kier molecular flexibility index (Phi) is 4.04. The average Bonchev–Trinajstić information content (AvgIpc) is 3.10. The van der Waals surface area contributed by atoms with Crippen LogP contribution in [0.1, 0.15) is 30.9 Å². The van der Waals surface area contributed by atoms with E-state index in [1.807, 2.05) is 24.3 Å². The molecule has 2 atom stereocenters. The maximum Gasteiger partial charge on any atom is 0.408 e. The van der Waals surface area contributed by atoms with Gasteiger partial charge in [0.05, 0.1) is 6.10 Å². The third-order valence-electron chi connectivity index (χ3n) is 5.56. The summed E-state index contributed by atoms with van der Waals surface area (Å²) < 4.78 is 10.8. The molecule has 1 aliphatic carbocycles. The van der Waals surface area contributed by atoms with Crippen LogP contribution in [0.25, 0.3) is 11.1 Å². The smallest absolute Gasteiger partial charge is 0.408 e. The topological polar surface area (TPSA) is 64.6 Å². The molecule has 0 spiro atoms. The number of amides is 1. The van der Waals surface area contributed by atoms with E-state index in [4.69, 9.17) is 9.47 Å². The third-order valence-corrected chi connectivity index (χ3v) is 5.56. The van der Waals surface area contributed by atoms with Gasteiger partial charge in [0.1, 0.15) is 18.8 Å². The van der Waals surface area contributed by atoms with Crippen LogP contribution in [-0.4, -0.2) is 36.7 Å². The molecule has 0 radical (unpaired) electrons. The van der Waals surface area contributed by atoms with Crippen molar-refractivity contribution in [1.82, 2.24) is 5.32 Å². The predicted molar refractivity (Wildman–Crippen MR) is 97.0 cm³/mol. The van der Waals surface area contributed by atoms with Crippen LogP contribution >= 0.6 is 0 Å². The van der Waals surface area contributed by atoms with Gasteiger partial charge in [0.15, 0.2) is 5.78 Å². The lowest BCUT2D eigenvalue weighted by atomic mass is 9.94. The molecule has 26 heavy (non-hydrogen) atoms. The van der Waals surface area contributed by atoms with Gasteiger partial charge < -0.3 is 14.8 Å². The molecule has 2 aromatic rings. The Bertz CT molecular complexity index is 832. The number of hydrogen-bond donors (Lipinski definition) is 1. The van der Waals surface area contributed by atoms with Crippen molar-refractivity contribution in [3.63, 3.8) is 0 Å². The van der Waals surface area contributed by atoms with Crippen LogP contribution in [0, 0.1) is 0 Å². The van der Waals surface area contributed by atoms with Crippen molar-refractivity contribution in [3.8, 4) is 11.1 Å². The van der Waals surface area contributed by atoms with Gasteiger partial charge in [-0.1, -0.05) is 48.5 Å². The first-order chi connectivity index (χ1) is 12.5. The molecule has 5 heteroatoms. The van der Waals surface area contributed by atoms with E-state index in [0.29, 0.717) is 0 Å². The van der Waals surface area contributed by atoms with Gasteiger partial charge in [-0.3, -0.25) is 4.79 Å². The molecule has 2 aliphatic rings. The van der Waals surface area contributed by atoms with E-state index in [1.165, 1.54) is 11.1 Å². The number of hydrogen-bond acceptors (Lipinski definition) is 4. The first-order valence-electron chi connectivity index (χ1n) is 8.79. The highest BCUT2D eigenvalue weighted by molar-refractivity contribution is 5.94. The minimum Gasteiger partial charge on any atom is -0.449 e. The highest BCUT2D eigenvalue weighted by Gasteiger charge is 2.46. The fraction of sp³-hybridized carbons (Fsp3) is 0.333. The summed E-state index contributed by atoms with van der Waals surface area (Å²) in [5.41, 5.74) is 3.62. The van der Waals surface area contributed by atoms with Gasteiger partial charge in [-0.05, 0) is 36.1 Å². The predicted octanol–water partition coefficient (Wildman–Crippen LogP) is 3.27. The molecule has 0 bridgehead atoms. The number of ether oxygens (including phenoxy) is 2. The van der Waals surface area contributed by atoms with Gasteiger partial charge in [-0.15, -0.1) is 0 Å². The molecule has 0 saturated carbocycles. The zero-order valence-corrected chi connectivity index (χ0v) is 14.8. The van der Waals surface area contributed by atoms with Gasteiger partial charge >= 0.3 is 6.09 Å². The summed E-state index contributed by atoms with van der Waals surface area (Å²) in [7, 11) is 0. The molecule has 1 saturated heterocycles. The van der Waals surface area contributed by atoms with Gasteiger partial charge in [0.2, 0.25) is 0 Å². The minimum absolute atomic E-state index is 0.00564. The lowest BCUT2D eigenvalue weighted by Crippen LogP contribution is -2.55. The molecule has 0 unspecified atom stereocenters. The van der Waals surface area contributed by atoms with Crippen molar-refractivity contribution in [2.45, 2.75) is 31.4 Å². The van der Waals surface area contributed by atoms with E-state index in [9.17, 15) is 9.59 Å². The summed E-state index contributed by atoms with van der Waals surface area (Å²) in [4.78, 5) is 24.4. The van der Waals surface area contributed by atoms with E-state index in [2.05, 4.69) is 29.6 Å². The van der Waals surface area contributed by atoms with Gasteiger partial charge in [0, 0.05) is 5.92 Å². The molecule has 1 fully saturated rings. The Morgan fingerprint density at radius 3 is 2.27 bits per heavy atom. The maximum atomic E-state index is 12.3. The van der Waals surface area contributed by atoms with Crippen molar-refractivity contribution < 1.29 is 19.1 Å². The Morgan fingerprint density at radius 1 is 1.15 bits per heavy atom. The van der Waals surface area contributed by atoms with E-state index in [1.54, 1.807) is 13.8 Å². The van der Waals surface area contributed by atoms with Crippen LogP contribution in [0.15, 0.2) is 48.5 Å². The van der Waals surface area contributed by atoms with Crippen LogP contribution < -0.4 is 5.32 Å². The van der Waals surface area contributed by atoms with Crippen LogP contribution in [0.2, 0.25) is 0 Å². The highest BCUT2D eigenvalue weighted by atomic mass is 16.6.